The predicted octanol–water partition coefficient (Wildman–Crippen LogP) is 5.20. The van der Waals surface area contributed by atoms with Crippen LogP contribution in [0, 0.1) is 6.92 Å². The molecule has 19 heavy (non-hydrogen) atoms. The SMILES string of the molecule is Cc1ccc(/C=C/c2ccc3ccccc3n2)s1.Cl. The van der Waals surface area contributed by atoms with Gasteiger partial charge in [0.2, 0.25) is 0 Å². The summed E-state index contributed by atoms with van der Waals surface area (Å²) >= 11 is 1.80. The number of pyridine rings is 1. The van der Waals surface area contributed by atoms with Crippen LogP contribution < -0.4 is 0 Å². The summed E-state index contributed by atoms with van der Waals surface area (Å²) in [5.41, 5.74) is 2.04. The number of rotatable bonds is 2. The van der Waals surface area contributed by atoms with Gasteiger partial charge in [-0.25, -0.2) is 4.98 Å². The summed E-state index contributed by atoms with van der Waals surface area (Å²) in [6.07, 6.45) is 4.19. The van der Waals surface area contributed by atoms with E-state index in [1.165, 1.54) is 15.1 Å². The lowest BCUT2D eigenvalue weighted by Gasteiger charge is -1.97. The second-order valence-corrected chi connectivity index (χ2v) is 5.53. The van der Waals surface area contributed by atoms with Gasteiger partial charge in [-0.15, -0.1) is 23.7 Å². The van der Waals surface area contributed by atoms with Crippen molar-refractivity contribution in [1.82, 2.24) is 4.98 Å². The molecule has 96 valence electrons. The van der Waals surface area contributed by atoms with Gasteiger partial charge in [-0.05, 0) is 43.3 Å². The lowest BCUT2D eigenvalue weighted by molar-refractivity contribution is 1.37. The molecule has 2 aromatic heterocycles. The average molecular weight is 288 g/mol. The minimum absolute atomic E-state index is 0. The summed E-state index contributed by atoms with van der Waals surface area (Å²) in [5, 5.41) is 1.18. The number of para-hydroxylation sites is 1. The van der Waals surface area contributed by atoms with E-state index in [1.54, 1.807) is 11.3 Å². The zero-order valence-corrected chi connectivity index (χ0v) is 12.2. The van der Waals surface area contributed by atoms with Gasteiger partial charge in [-0.2, -0.15) is 0 Å². The molecule has 1 nitrogen and oxygen atoms in total. The first kappa shape index (κ1) is 13.8. The largest absolute Gasteiger partial charge is 0.248 e. The Morgan fingerprint density at radius 2 is 1.79 bits per heavy atom. The number of fused-ring (bicyclic) bond motifs is 1. The Morgan fingerprint density at radius 3 is 2.58 bits per heavy atom. The van der Waals surface area contributed by atoms with Gasteiger partial charge >= 0.3 is 0 Å². The molecule has 0 aliphatic heterocycles. The van der Waals surface area contributed by atoms with Crippen LogP contribution in [0.5, 0.6) is 0 Å². The Hall–Kier alpha value is -1.64. The van der Waals surface area contributed by atoms with E-state index in [0.29, 0.717) is 0 Å². The Morgan fingerprint density at radius 1 is 0.947 bits per heavy atom. The van der Waals surface area contributed by atoms with Gasteiger partial charge < -0.3 is 0 Å². The number of hydrogen-bond donors (Lipinski definition) is 0. The minimum Gasteiger partial charge on any atom is -0.248 e. The van der Waals surface area contributed by atoms with Crippen LogP contribution in [-0.2, 0) is 0 Å². The van der Waals surface area contributed by atoms with Gasteiger partial charge in [0.15, 0.2) is 0 Å². The smallest absolute Gasteiger partial charge is 0.0709 e. The second-order valence-electron chi connectivity index (χ2n) is 4.21. The number of nitrogens with zero attached hydrogens (tertiary/aromatic N) is 1. The molecule has 0 unspecified atom stereocenters. The van der Waals surface area contributed by atoms with Crippen molar-refractivity contribution < 1.29 is 0 Å². The monoisotopic (exact) mass is 287 g/mol. The van der Waals surface area contributed by atoms with Gasteiger partial charge in [0.25, 0.3) is 0 Å². The van der Waals surface area contributed by atoms with E-state index < -0.39 is 0 Å². The molecular weight excluding hydrogens is 274 g/mol. The summed E-state index contributed by atoms with van der Waals surface area (Å²) in [6.45, 7) is 2.12. The third kappa shape index (κ3) is 3.22. The fourth-order valence-electron chi connectivity index (χ4n) is 1.89. The number of benzene rings is 1. The zero-order chi connectivity index (χ0) is 12.4. The van der Waals surface area contributed by atoms with E-state index >= 15 is 0 Å². The maximum Gasteiger partial charge on any atom is 0.0709 e. The molecule has 1 aromatic carbocycles. The summed E-state index contributed by atoms with van der Waals surface area (Å²) in [6, 6.07) is 16.6. The second kappa shape index (κ2) is 6.00. The van der Waals surface area contributed by atoms with Crippen molar-refractivity contribution in [3.8, 4) is 0 Å². The lowest BCUT2D eigenvalue weighted by Crippen LogP contribution is -1.81. The molecule has 3 rings (SSSR count). The first-order chi connectivity index (χ1) is 8.81. The van der Waals surface area contributed by atoms with Crippen molar-refractivity contribution >= 4 is 46.8 Å². The van der Waals surface area contributed by atoms with E-state index in [1.807, 2.05) is 18.2 Å². The molecule has 3 heteroatoms. The first-order valence-electron chi connectivity index (χ1n) is 5.91. The third-order valence-electron chi connectivity index (χ3n) is 2.80. The molecule has 3 aromatic rings. The molecule has 0 aliphatic carbocycles. The van der Waals surface area contributed by atoms with E-state index in [0.717, 1.165) is 11.2 Å². The van der Waals surface area contributed by atoms with Crippen LogP contribution >= 0.6 is 23.7 Å². The van der Waals surface area contributed by atoms with E-state index in [-0.39, 0.29) is 12.4 Å². The van der Waals surface area contributed by atoms with Gasteiger partial charge in [-0.3, -0.25) is 0 Å². The molecule has 0 aliphatic rings. The highest BCUT2D eigenvalue weighted by molar-refractivity contribution is 7.12. The Kier molecular flexibility index (Phi) is 4.35. The number of aryl methyl sites for hydroxylation is 1. The van der Waals surface area contributed by atoms with Gasteiger partial charge in [0, 0.05) is 15.1 Å². The quantitative estimate of drug-likeness (QED) is 0.631. The van der Waals surface area contributed by atoms with Crippen LogP contribution in [0.1, 0.15) is 15.4 Å². The maximum absolute atomic E-state index is 4.61. The molecule has 0 N–H and O–H groups in total. The van der Waals surface area contributed by atoms with Gasteiger partial charge in [0.1, 0.15) is 0 Å². The van der Waals surface area contributed by atoms with E-state index in [4.69, 9.17) is 0 Å². The fraction of sp³-hybridized carbons (Fsp3) is 0.0625. The highest BCUT2D eigenvalue weighted by Crippen LogP contribution is 2.18. The molecule has 0 radical (unpaired) electrons. The van der Waals surface area contributed by atoms with Crippen LogP contribution in [0.2, 0.25) is 0 Å². The number of thiophene rings is 1. The number of aromatic nitrogens is 1. The van der Waals surface area contributed by atoms with Crippen LogP contribution in [0.15, 0.2) is 48.5 Å². The number of halogens is 1. The minimum atomic E-state index is 0. The predicted molar refractivity (Wildman–Crippen MR) is 87.0 cm³/mol. The van der Waals surface area contributed by atoms with Crippen molar-refractivity contribution in [3.05, 3.63) is 64.0 Å². The van der Waals surface area contributed by atoms with Crippen LogP contribution in [0.25, 0.3) is 23.1 Å². The average Bonchev–Trinajstić information content (AvgIpc) is 2.82. The summed E-state index contributed by atoms with van der Waals surface area (Å²) < 4.78 is 0. The lowest BCUT2D eigenvalue weighted by atomic mass is 10.2. The molecule has 2 heterocycles. The van der Waals surface area contributed by atoms with Crippen LogP contribution in [-0.4, -0.2) is 4.98 Å². The van der Waals surface area contributed by atoms with Crippen molar-refractivity contribution in [2.45, 2.75) is 6.92 Å². The van der Waals surface area contributed by atoms with Crippen molar-refractivity contribution in [1.29, 1.82) is 0 Å². The van der Waals surface area contributed by atoms with Gasteiger partial charge in [0.05, 0.1) is 11.2 Å². The topological polar surface area (TPSA) is 12.9 Å². The summed E-state index contributed by atoms with van der Waals surface area (Å²) in [5.74, 6) is 0. The Bertz CT molecular complexity index is 715. The third-order valence-corrected chi connectivity index (χ3v) is 3.77. The van der Waals surface area contributed by atoms with Gasteiger partial charge in [-0.1, -0.05) is 24.3 Å². The molecule has 0 saturated carbocycles. The van der Waals surface area contributed by atoms with E-state index in [2.05, 4.69) is 54.4 Å². The standard InChI is InChI=1S/C16H13NS.ClH/c1-12-6-10-15(18-12)11-9-14-8-7-13-4-2-3-5-16(13)17-14;/h2-11H,1H3;1H/b11-9+;. The molecule has 0 saturated heterocycles. The Balaban J connectivity index is 0.00000133. The fourth-order valence-corrected chi connectivity index (χ4v) is 2.67. The molecule has 0 atom stereocenters. The molecular formula is C16H14ClNS. The van der Waals surface area contributed by atoms with E-state index in [9.17, 15) is 0 Å². The first-order valence-corrected chi connectivity index (χ1v) is 6.73. The molecule has 0 amide bonds. The Labute approximate surface area is 123 Å². The summed E-state index contributed by atoms with van der Waals surface area (Å²) in [4.78, 5) is 7.22. The highest BCUT2D eigenvalue weighted by atomic mass is 35.5. The van der Waals surface area contributed by atoms with Crippen molar-refractivity contribution in [2.75, 3.05) is 0 Å². The van der Waals surface area contributed by atoms with Crippen LogP contribution in [0.4, 0.5) is 0 Å². The molecule has 0 fully saturated rings. The zero-order valence-electron chi connectivity index (χ0n) is 10.5. The normalized spacial score (nSPS) is 10.8. The molecule has 0 spiro atoms. The number of hydrogen-bond acceptors (Lipinski definition) is 2. The highest BCUT2D eigenvalue weighted by Gasteiger charge is 1.95. The summed E-state index contributed by atoms with van der Waals surface area (Å²) in [7, 11) is 0. The maximum atomic E-state index is 4.61. The van der Waals surface area contributed by atoms with Crippen molar-refractivity contribution in [2.24, 2.45) is 0 Å². The van der Waals surface area contributed by atoms with Crippen molar-refractivity contribution in [3.63, 3.8) is 0 Å². The van der Waals surface area contributed by atoms with Crippen LogP contribution in [0.3, 0.4) is 0 Å². The molecule has 0 bridgehead atoms.